The number of hydrogen-bond donors (Lipinski definition) is 0. The molecule has 1 aromatic carbocycles. The monoisotopic (exact) mass is 341 g/mol. The van der Waals surface area contributed by atoms with Gasteiger partial charge in [0.1, 0.15) is 0 Å². The Hall–Kier alpha value is -1.10. The number of likely N-dealkylation sites (tertiary alicyclic amines) is 1. The van der Waals surface area contributed by atoms with Crippen molar-refractivity contribution in [3.8, 4) is 0 Å². The summed E-state index contributed by atoms with van der Waals surface area (Å²) in [5, 5.41) is 0. The second-order valence-electron chi connectivity index (χ2n) is 8.36. The van der Waals surface area contributed by atoms with E-state index in [-0.39, 0.29) is 18.3 Å². The zero-order chi connectivity index (χ0) is 18.1. The van der Waals surface area contributed by atoms with Crippen LogP contribution < -0.4 is 0 Å². The predicted molar refractivity (Wildman–Crippen MR) is 106 cm³/mol. The van der Waals surface area contributed by atoms with Crippen LogP contribution in [0.5, 0.6) is 0 Å². The molecule has 2 fully saturated rings. The van der Waals surface area contributed by atoms with E-state index in [1.807, 2.05) is 5.98 Å². The molecule has 0 N–H and O–H groups in total. The Labute approximate surface area is 153 Å². The fourth-order valence-electron chi connectivity index (χ4n) is 3.62. The van der Waals surface area contributed by atoms with Gasteiger partial charge >= 0.3 is 7.12 Å². The van der Waals surface area contributed by atoms with Gasteiger partial charge in [0.15, 0.2) is 0 Å². The molecule has 136 valence electrons. The van der Waals surface area contributed by atoms with Gasteiger partial charge in [0.05, 0.1) is 11.2 Å². The van der Waals surface area contributed by atoms with Crippen LogP contribution >= 0.6 is 0 Å². The summed E-state index contributed by atoms with van der Waals surface area (Å²) in [7, 11) is -0.275. The summed E-state index contributed by atoms with van der Waals surface area (Å²) in [4.78, 5) is 2.54. The van der Waals surface area contributed by atoms with Gasteiger partial charge < -0.3 is 14.2 Å². The third-order valence-corrected chi connectivity index (χ3v) is 6.16. The third-order valence-electron chi connectivity index (χ3n) is 6.16. The van der Waals surface area contributed by atoms with Crippen molar-refractivity contribution in [2.45, 2.75) is 64.6 Å². The highest BCUT2D eigenvalue weighted by Gasteiger charge is 2.49. The second-order valence-corrected chi connectivity index (χ2v) is 8.36. The van der Waals surface area contributed by atoms with Gasteiger partial charge in [0.2, 0.25) is 0 Å². The zero-order valence-electron chi connectivity index (χ0n) is 16.4. The van der Waals surface area contributed by atoms with E-state index in [1.165, 1.54) is 43.6 Å². The lowest BCUT2D eigenvalue weighted by Crippen LogP contribution is -2.41. The van der Waals surface area contributed by atoms with E-state index in [1.54, 1.807) is 0 Å². The highest BCUT2D eigenvalue weighted by molar-refractivity contribution is 6.52. The van der Waals surface area contributed by atoms with Crippen LogP contribution in [0, 0.1) is 0 Å². The van der Waals surface area contributed by atoms with Crippen molar-refractivity contribution in [3.63, 3.8) is 0 Å². The molecule has 4 heteroatoms. The molecule has 0 bridgehead atoms. The minimum Gasteiger partial charge on any atom is -0.400 e. The molecule has 2 saturated heterocycles. The molecular formula is C21H32BNO2. The molecule has 0 amide bonds. The summed E-state index contributed by atoms with van der Waals surface area (Å²) in [5.74, 6) is 2.73. The van der Waals surface area contributed by atoms with Crippen molar-refractivity contribution in [1.82, 2.24) is 4.90 Å². The quantitative estimate of drug-likeness (QED) is 0.751. The number of rotatable bonds is 4. The maximum atomic E-state index is 6.01. The summed E-state index contributed by atoms with van der Waals surface area (Å²) in [6.07, 6.45) is 4.65. The first-order valence-corrected chi connectivity index (χ1v) is 9.67. The fraction of sp³-hybridized carbons (Fsp3) is 0.619. The van der Waals surface area contributed by atoms with Crippen molar-refractivity contribution in [2.75, 3.05) is 19.6 Å². The smallest absolute Gasteiger partial charge is 0.400 e. The summed E-state index contributed by atoms with van der Waals surface area (Å²) >= 11 is 0. The summed E-state index contributed by atoms with van der Waals surface area (Å²) in [6.45, 7) is 14.2. The molecule has 0 spiro atoms. The minimum absolute atomic E-state index is 0.275. The average Bonchev–Trinajstić information content (AvgIpc) is 2.81. The Morgan fingerprint density at radius 3 is 2.12 bits per heavy atom. The van der Waals surface area contributed by atoms with Gasteiger partial charge in [0, 0.05) is 0 Å². The van der Waals surface area contributed by atoms with Gasteiger partial charge in [-0.25, -0.2) is 0 Å². The maximum absolute atomic E-state index is 6.01. The molecule has 2 aliphatic heterocycles. The van der Waals surface area contributed by atoms with Crippen molar-refractivity contribution >= 4 is 13.2 Å². The van der Waals surface area contributed by atoms with Gasteiger partial charge in [-0.05, 0) is 77.2 Å². The summed E-state index contributed by atoms with van der Waals surface area (Å²) in [6, 6.07) is 9.00. The molecule has 0 atom stereocenters. The first-order chi connectivity index (χ1) is 11.8. The highest BCUT2D eigenvalue weighted by Crippen LogP contribution is 2.37. The fourth-order valence-corrected chi connectivity index (χ4v) is 3.62. The molecule has 1 aromatic rings. The minimum atomic E-state index is -0.279. The Kier molecular flexibility index (Phi) is 5.43. The Morgan fingerprint density at radius 2 is 1.60 bits per heavy atom. The Bertz CT molecular complexity index is 585. The molecule has 3 nitrogen and oxygen atoms in total. The highest BCUT2D eigenvalue weighted by atomic mass is 16.7. The largest absolute Gasteiger partial charge is 0.487 e. The van der Waals surface area contributed by atoms with Gasteiger partial charge in [-0.15, -0.1) is 0 Å². The van der Waals surface area contributed by atoms with Crippen LogP contribution in [0.25, 0.3) is 6.08 Å². The second kappa shape index (κ2) is 7.26. The van der Waals surface area contributed by atoms with Crippen LogP contribution in [-0.4, -0.2) is 42.9 Å². The number of hydrogen-bond acceptors (Lipinski definition) is 3. The predicted octanol–water partition coefficient (Wildman–Crippen LogP) is 4.53. The number of nitrogens with zero attached hydrogens (tertiary/aromatic N) is 1. The van der Waals surface area contributed by atoms with Crippen molar-refractivity contribution in [2.24, 2.45) is 0 Å². The average molecular weight is 341 g/mol. The molecule has 0 saturated carbocycles. The molecule has 0 unspecified atom stereocenters. The first kappa shape index (κ1) is 18.7. The zero-order valence-corrected chi connectivity index (χ0v) is 16.4. The van der Waals surface area contributed by atoms with Crippen LogP contribution in [0.1, 0.15) is 64.5 Å². The molecule has 2 heterocycles. The summed E-state index contributed by atoms with van der Waals surface area (Å²) < 4.78 is 12.0. The van der Waals surface area contributed by atoms with Gasteiger partial charge in [0.25, 0.3) is 0 Å². The SMILES string of the molecule is CCN1CCC(c2ccc(/C=C/B3OC(C)(C)C(C)(C)O3)cc2)CC1. The van der Waals surface area contributed by atoms with Gasteiger partial charge in [-0.3, -0.25) is 0 Å². The van der Waals surface area contributed by atoms with Crippen molar-refractivity contribution < 1.29 is 9.31 Å². The normalized spacial score (nSPS) is 24.3. The maximum Gasteiger partial charge on any atom is 0.487 e. The van der Waals surface area contributed by atoms with Crippen LogP contribution in [0.2, 0.25) is 0 Å². The van der Waals surface area contributed by atoms with E-state index < -0.39 is 0 Å². The van der Waals surface area contributed by atoms with Crippen LogP contribution in [-0.2, 0) is 9.31 Å². The summed E-state index contributed by atoms with van der Waals surface area (Å²) in [5.41, 5.74) is 2.12. The van der Waals surface area contributed by atoms with Crippen molar-refractivity contribution in [3.05, 3.63) is 41.4 Å². The Balaban J connectivity index is 1.58. The van der Waals surface area contributed by atoms with Crippen molar-refractivity contribution in [1.29, 1.82) is 0 Å². The van der Waals surface area contributed by atoms with Gasteiger partial charge in [-0.2, -0.15) is 0 Å². The standard InChI is InChI=1S/C21H32BNO2/c1-6-23-15-12-19(13-16-23)18-9-7-17(8-10-18)11-14-22-24-20(2,3)21(4,5)25-22/h7-11,14,19H,6,12-13,15-16H2,1-5H3/b14-11+. The topological polar surface area (TPSA) is 21.7 Å². The number of piperidine rings is 1. The van der Waals surface area contributed by atoms with E-state index in [0.717, 1.165) is 0 Å². The molecule has 2 aliphatic rings. The van der Waals surface area contributed by atoms with E-state index >= 15 is 0 Å². The molecule has 0 radical (unpaired) electrons. The molecule has 3 rings (SSSR count). The van der Waals surface area contributed by atoms with Gasteiger partial charge in [-0.1, -0.05) is 43.2 Å². The van der Waals surface area contributed by atoms with Crippen LogP contribution in [0.3, 0.4) is 0 Å². The van der Waals surface area contributed by atoms with E-state index in [0.29, 0.717) is 5.92 Å². The van der Waals surface area contributed by atoms with E-state index in [2.05, 4.69) is 69.9 Å². The lowest BCUT2D eigenvalue weighted by molar-refractivity contribution is 0.00578. The molecular weight excluding hydrogens is 309 g/mol. The first-order valence-electron chi connectivity index (χ1n) is 9.67. The number of benzene rings is 1. The third kappa shape index (κ3) is 4.19. The Morgan fingerprint density at radius 1 is 1.04 bits per heavy atom. The van der Waals surface area contributed by atoms with E-state index in [9.17, 15) is 0 Å². The molecule has 25 heavy (non-hydrogen) atoms. The lowest BCUT2D eigenvalue weighted by atomic mass is 9.87. The lowest BCUT2D eigenvalue weighted by Gasteiger charge is -2.32. The van der Waals surface area contributed by atoms with Crippen LogP contribution in [0.15, 0.2) is 30.2 Å². The van der Waals surface area contributed by atoms with E-state index in [4.69, 9.17) is 9.31 Å². The molecule has 0 aliphatic carbocycles. The van der Waals surface area contributed by atoms with Crippen LogP contribution in [0.4, 0.5) is 0 Å². The molecule has 0 aromatic heterocycles.